The normalized spacial score (nSPS) is 12.2. The number of thioether (sulfide) groups is 1. The lowest BCUT2D eigenvalue weighted by Crippen LogP contribution is -2.27. The van der Waals surface area contributed by atoms with Crippen molar-refractivity contribution in [1.82, 2.24) is 5.32 Å². The molecule has 0 aliphatic rings. The maximum atomic E-state index is 12.6. The smallest absolute Gasteiger partial charge is 0.261 e. The largest absolute Gasteiger partial charge is 0.346 e. The van der Waals surface area contributed by atoms with Gasteiger partial charge in [0.2, 0.25) is 0 Å². The topological polar surface area (TPSA) is 75.3 Å². The average Bonchev–Trinajstić information content (AvgIpc) is 2.74. The second-order valence-electron chi connectivity index (χ2n) is 6.91. The highest BCUT2D eigenvalue weighted by molar-refractivity contribution is 7.98. The third-order valence-corrected chi connectivity index (χ3v) is 6.91. The molecule has 3 aromatic rings. The van der Waals surface area contributed by atoms with Crippen LogP contribution in [0.3, 0.4) is 0 Å². The molecule has 156 valence electrons. The van der Waals surface area contributed by atoms with Crippen molar-refractivity contribution in [3.05, 3.63) is 89.5 Å². The molecule has 0 spiro atoms. The van der Waals surface area contributed by atoms with Gasteiger partial charge in [0.1, 0.15) is 0 Å². The van der Waals surface area contributed by atoms with Crippen LogP contribution in [0.2, 0.25) is 0 Å². The molecule has 0 fully saturated rings. The first-order valence-electron chi connectivity index (χ1n) is 9.43. The van der Waals surface area contributed by atoms with Gasteiger partial charge in [-0.25, -0.2) is 8.42 Å². The molecule has 0 saturated heterocycles. The van der Waals surface area contributed by atoms with Gasteiger partial charge < -0.3 is 5.32 Å². The van der Waals surface area contributed by atoms with E-state index in [4.69, 9.17) is 0 Å². The van der Waals surface area contributed by atoms with E-state index >= 15 is 0 Å². The van der Waals surface area contributed by atoms with Gasteiger partial charge in [-0.1, -0.05) is 24.3 Å². The highest BCUT2D eigenvalue weighted by atomic mass is 32.2. The standard InChI is InChI=1S/C23H24N2O3S2/c1-16-6-4-5-7-22(16)17(2)24-23(26)18-8-10-19(11-9-18)25-30(27,28)21-14-12-20(29-3)13-15-21/h4-15,17,25H,1-3H3,(H,24,26)/t17-/m1/s1. The quantitative estimate of drug-likeness (QED) is 0.507. The Labute approximate surface area is 182 Å². The van der Waals surface area contributed by atoms with Crippen molar-refractivity contribution in [1.29, 1.82) is 0 Å². The summed E-state index contributed by atoms with van der Waals surface area (Å²) in [5, 5.41) is 2.98. The van der Waals surface area contributed by atoms with Gasteiger partial charge in [-0.15, -0.1) is 11.8 Å². The number of hydrogen-bond donors (Lipinski definition) is 2. The zero-order chi connectivity index (χ0) is 21.7. The minimum Gasteiger partial charge on any atom is -0.346 e. The Morgan fingerprint density at radius 1 is 0.933 bits per heavy atom. The summed E-state index contributed by atoms with van der Waals surface area (Å²) in [4.78, 5) is 13.7. The van der Waals surface area contributed by atoms with Gasteiger partial charge in [0, 0.05) is 16.1 Å². The molecular formula is C23H24N2O3S2. The van der Waals surface area contributed by atoms with Gasteiger partial charge in [-0.3, -0.25) is 9.52 Å². The van der Waals surface area contributed by atoms with Crippen LogP contribution in [0, 0.1) is 6.92 Å². The van der Waals surface area contributed by atoms with Gasteiger partial charge in [-0.2, -0.15) is 0 Å². The second kappa shape index (κ2) is 9.36. The molecule has 0 radical (unpaired) electrons. The van der Waals surface area contributed by atoms with Crippen LogP contribution in [-0.4, -0.2) is 20.6 Å². The van der Waals surface area contributed by atoms with Crippen molar-refractivity contribution in [3.63, 3.8) is 0 Å². The van der Waals surface area contributed by atoms with Crippen molar-refractivity contribution < 1.29 is 13.2 Å². The summed E-state index contributed by atoms with van der Waals surface area (Å²) in [7, 11) is -3.69. The minimum absolute atomic E-state index is 0.138. The molecule has 1 amide bonds. The van der Waals surface area contributed by atoms with E-state index in [-0.39, 0.29) is 16.8 Å². The number of benzene rings is 3. The molecule has 5 nitrogen and oxygen atoms in total. The Balaban J connectivity index is 1.68. The number of hydrogen-bond acceptors (Lipinski definition) is 4. The van der Waals surface area contributed by atoms with Crippen molar-refractivity contribution in [2.45, 2.75) is 29.7 Å². The van der Waals surface area contributed by atoms with Crippen LogP contribution in [0.5, 0.6) is 0 Å². The van der Waals surface area contributed by atoms with Gasteiger partial charge in [0.05, 0.1) is 10.9 Å². The Kier molecular flexibility index (Phi) is 6.84. The van der Waals surface area contributed by atoms with Crippen LogP contribution in [-0.2, 0) is 10.0 Å². The van der Waals surface area contributed by atoms with E-state index in [1.165, 1.54) is 0 Å². The zero-order valence-corrected chi connectivity index (χ0v) is 18.7. The molecule has 1 atom stereocenters. The van der Waals surface area contributed by atoms with E-state index in [0.717, 1.165) is 16.0 Å². The van der Waals surface area contributed by atoms with E-state index in [1.807, 2.05) is 44.4 Å². The van der Waals surface area contributed by atoms with Crippen molar-refractivity contribution in [2.24, 2.45) is 0 Å². The molecule has 0 aliphatic heterocycles. The van der Waals surface area contributed by atoms with E-state index in [0.29, 0.717) is 11.3 Å². The van der Waals surface area contributed by atoms with Crippen molar-refractivity contribution >= 4 is 33.4 Å². The van der Waals surface area contributed by atoms with Crippen molar-refractivity contribution in [3.8, 4) is 0 Å². The predicted octanol–water partition coefficient (Wildman–Crippen LogP) is 5.01. The first-order chi connectivity index (χ1) is 14.3. The fourth-order valence-corrected chi connectivity index (χ4v) is 4.56. The third-order valence-electron chi connectivity index (χ3n) is 4.77. The monoisotopic (exact) mass is 440 g/mol. The Morgan fingerprint density at radius 2 is 1.57 bits per heavy atom. The molecule has 0 saturated carbocycles. The Hall–Kier alpha value is -2.77. The van der Waals surface area contributed by atoms with Gasteiger partial charge >= 0.3 is 0 Å². The fourth-order valence-electron chi connectivity index (χ4n) is 3.09. The molecule has 30 heavy (non-hydrogen) atoms. The SMILES string of the molecule is CSc1ccc(S(=O)(=O)Nc2ccc(C(=O)N[C@H](C)c3ccccc3C)cc2)cc1. The highest BCUT2D eigenvalue weighted by Crippen LogP contribution is 2.21. The summed E-state index contributed by atoms with van der Waals surface area (Å²) in [5.74, 6) is -0.215. The van der Waals surface area contributed by atoms with Crippen LogP contribution in [0.15, 0.2) is 82.6 Å². The fraction of sp³-hybridized carbons (Fsp3) is 0.174. The van der Waals surface area contributed by atoms with Crippen LogP contribution in [0.25, 0.3) is 0 Å². The third kappa shape index (κ3) is 5.23. The summed E-state index contributed by atoms with van der Waals surface area (Å²) >= 11 is 1.55. The molecule has 0 bridgehead atoms. The highest BCUT2D eigenvalue weighted by Gasteiger charge is 2.16. The Morgan fingerprint density at radius 3 is 2.17 bits per heavy atom. The maximum absolute atomic E-state index is 12.6. The first-order valence-corrected chi connectivity index (χ1v) is 12.1. The lowest BCUT2D eigenvalue weighted by molar-refractivity contribution is 0.0940. The molecular weight excluding hydrogens is 416 g/mol. The number of nitrogens with one attached hydrogen (secondary N) is 2. The van der Waals surface area contributed by atoms with Crippen LogP contribution < -0.4 is 10.0 Å². The molecule has 3 rings (SSSR count). The van der Waals surface area contributed by atoms with E-state index in [1.54, 1.807) is 60.3 Å². The van der Waals surface area contributed by atoms with E-state index in [2.05, 4.69) is 10.0 Å². The molecule has 0 unspecified atom stereocenters. The van der Waals surface area contributed by atoms with E-state index in [9.17, 15) is 13.2 Å². The number of aryl methyl sites for hydroxylation is 1. The van der Waals surface area contributed by atoms with Crippen LogP contribution >= 0.6 is 11.8 Å². The molecule has 3 aromatic carbocycles. The zero-order valence-electron chi connectivity index (χ0n) is 17.0. The number of carbonyl (C=O) groups excluding carboxylic acids is 1. The Bertz CT molecular complexity index is 1130. The lowest BCUT2D eigenvalue weighted by atomic mass is 10.0. The number of rotatable bonds is 7. The molecule has 7 heteroatoms. The number of anilines is 1. The number of sulfonamides is 1. The van der Waals surface area contributed by atoms with Gasteiger partial charge in [0.25, 0.3) is 15.9 Å². The molecule has 0 aliphatic carbocycles. The minimum atomic E-state index is -3.69. The van der Waals surface area contributed by atoms with Crippen molar-refractivity contribution in [2.75, 3.05) is 11.0 Å². The number of carbonyl (C=O) groups is 1. The molecule has 2 N–H and O–H groups in total. The second-order valence-corrected chi connectivity index (χ2v) is 9.47. The molecule has 0 aromatic heterocycles. The van der Waals surface area contributed by atoms with Crippen LogP contribution in [0.1, 0.15) is 34.5 Å². The first kappa shape index (κ1) is 21.9. The van der Waals surface area contributed by atoms with Crippen LogP contribution in [0.4, 0.5) is 5.69 Å². The summed E-state index contributed by atoms with van der Waals surface area (Å²) in [6.07, 6.45) is 1.93. The van der Waals surface area contributed by atoms with Gasteiger partial charge in [-0.05, 0) is 79.8 Å². The van der Waals surface area contributed by atoms with Gasteiger partial charge in [0.15, 0.2) is 0 Å². The molecule has 0 heterocycles. The lowest BCUT2D eigenvalue weighted by Gasteiger charge is -2.17. The summed E-state index contributed by atoms with van der Waals surface area (Å²) in [6, 6.07) is 20.8. The maximum Gasteiger partial charge on any atom is 0.261 e. The van der Waals surface area contributed by atoms with E-state index < -0.39 is 10.0 Å². The summed E-state index contributed by atoms with van der Waals surface area (Å²) in [6.45, 7) is 3.94. The predicted molar refractivity (Wildman–Crippen MR) is 123 cm³/mol. The average molecular weight is 441 g/mol. The summed E-state index contributed by atoms with van der Waals surface area (Å²) in [5.41, 5.74) is 3.03. The summed E-state index contributed by atoms with van der Waals surface area (Å²) < 4.78 is 27.7. The number of amides is 1.